The van der Waals surface area contributed by atoms with Crippen LogP contribution in [0.2, 0.25) is 0 Å². The summed E-state index contributed by atoms with van der Waals surface area (Å²) < 4.78 is 12.2. The molecule has 0 N–H and O–H groups in total. The van der Waals surface area contributed by atoms with Crippen LogP contribution in [-0.4, -0.2) is 54.2 Å². The highest BCUT2D eigenvalue weighted by molar-refractivity contribution is 4.84. The average molecular weight is 400 g/mol. The molecular formula is C22H43N2O4. The van der Waals surface area contributed by atoms with Crippen LogP contribution < -0.4 is 0 Å². The number of hydroxylamine groups is 4. The lowest BCUT2D eigenvalue weighted by molar-refractivity contribution is -0.403. The number of ether oxygens (including phenoxy) is 2. The van der Waals surface area contributed by atoms with Crippen LogP contribution in [0.5, 0.6) is 0 Å². The van der Waals surface area contributed by atoms with Gasteiger partial charge in [-0.3, -0.25) is 9.68 Å². The number of nitrogens with zero attached hydrogens (tertiary/aromatic N) is 2. The van der Waals surface area contributed by atoms with Crippen molar-refractivity contribution in [2.75, 3.05) is 26.3 Å². The predicted octanol–water partition coefficient (Wildman–Crippen LogP) is 4.76. The average Bonchev–Trinajstić information content (AvgIpc) is 3.21. The lowest BCUT2D eigenvalue weighted by atomic mass is 9.94. The normalized spacial score (nSPS) is 32.7. The zero-order valence-electron chi connectivity index (χ0n) is 19.2. The van der Waals surface area contributed by atoms with Crippen molar-refractivity contribution < 1.29 is 19.1 Å². The van der Waals surface area contributed by atoms with Gasteiger partial charge in [-0.1, -0.05) is 47.5 Å². The SMILES string of the molecule is C[CH]CC(ON1CCOC1(C)C(C)CCC)ON1CCOC1(C)C(C)CCC. The molecular weight excluding hydrogens is 356 g/mol. The summed E-state index contributed by atoms with van der Waals surface area (Å²) in [6, 6.07) is 0. The molecule has 0 bridgehead atoms. The summed E-state index contributed by atoms with van der Waals surface area (Å²) in [6.07, 6.45) is 6.91. The Kier molecular flexibility index (Phi) is 9.17. The van der Waals surface area contributed by atoms with Crippen LogP contribution in [0, 0.1) is 18.3 Å². The molecule has 0 aromatic rings. The zero-order chi connectivity index (χ0) is 20.8. The Morgan fingerprint density at radius 2 is 1.32 bits per heavy atom. The third-order valence-electron chi connectivity index (χ3n) is 6.56. The molecule has 4 unspecified atom stereocenters. The zero-order valence-corrected chi connectivity index (χ0v) is 19.2. The largest absolute Gasteiger partial charge is 0.357 e. The molecule has 6 heteroatoms. The highest BCUT2D eigenvalue weighted by Gasteiger charge is 2.47. The minimum atomic E-state index is -0.411. The molecule has 2 fully saturated rings. The Balaban J connectivity index is 2.06. The molecule has 2 saturated heterocycles. The quantitative estimate of drug-likeness (QED) is 0.441. The topological polar surface area (TPSA) is 43.4 Å². The van der Waals surface area contributed by atoms with E-state index >= 15 is 0 Å². The monoisotopic (exact) mass is 399 g/mol. The highest BCUT2D eigenvalue weighted by Crippen LogP contribution is 2.37. The van der Waals surface area contributed by atoms with Gasteiger partial charge < -0.3 is 9.47 Å². The fourth-order valence-electron chi connectivity index (χ4n) is 4.33. The van der Waals surface area contributed by atoms with Crippen molar-refractivity contribution in [3.63, 3.8) is 0 Å². The van der Waals surface area contributed by atoms with Crippen molar-refractivity contribution in [2.24, 2.45) is 11.8 Å². The molecule has 2 heterocycles. The van der Waals surface area contributed by atoms with Crippen LogP contribution in [0.15, 0.2) is 0 Å². The van der Waals surface area contributed by atoms with Crippen molar-refractivity contribution in [3.05, 3.63) is 6.42 Å². The van der Waals surface area contributed by atoms with Crippen LogP contribution in [0.4, 0.5) is 0 Å². The van der Waals surface area contributed by atoms with Gasteiger partial charge in [0.15, 0.2) is 6.29 Å². The number of hydrogen-bond acceptors (Lipinski definition) is 6. The van der Waals surface area contributed by atoms with Gasteiger partial charge in [0.2, 0.25) is 0 Å². The molecule has 0 saturated carbocycles. The van der Waals surface area contributed by atoms with Gasteiger partial charge in [-0.05, 0) is 33.1 Å². The van der Waals surface area contributed by atoms with Gasteiger partial charge in [0.25, 0.3) is 0 Å². The first-order chi connectivity index (χ1) is 13.3. The van der Waals surface area contributed by atoms with Gasteiger partial charge in [-0.25, -0.2) is 0 Å². The lowest BCUT2D eigenvalue weighted by Gasteiger charge is -2.42. The minimum Gasteiger partial charge on any atom is -0.357 e. The molecule has 1 radical (unpaired) electrons. The van der Waals surface area contributed by atoms with Gasteiger partial charge in [-0.2, -0.15) is 10.1 Å². The second-order valence-corrected chi connectivity index (χ2v) is 8.67. The van der Waals surface area contributed by atoms with E-state index in [4.69, 9.17) is 19.1 Å². The van der Waals surface area contributed by atoms with Crippen LogP contribution in [0.3, 0.4) is 0 Å². The van der Waals surface area contributed by atoms with Crippen LogP contribution in [0.1, 0.15) is 80.6 Å². The summed E-state index contributed by atoms with van der Waals surface area (Å²) in [6.45, 7) is 18.1. The molecule has 6 nitrogen and oxygen atoms in total. The lowest BCUT2D eigenvalue weighted by Crippen LogP contribution is -2.52. The van der Waals surface area contributed by atoms with E-state index in [1.807, 2.05) is 17.1 Å². The Bertz CT molecular complexity index is 428. The van der Waals surface area contributed by atoms with E-state index in [-0.39, 0.29) is 6.29 Å². The number of rotatable bonds is 12. The fraction of sp³-hybridized carbons (Fsp3) is 0.955. The fourth-order valence-corrected chi connectivity index (χ4v) is 4.33. The minimum absolute atomic E-state index is 0.380. The molecule has 0 amide bonds. The second kappa shape index (κ2) is 10.7. The van der Waals surface area contributed by atoms with Crippen molar-refractivity contribution in [1.29, 1.82) is 0 Å². The van der Waals surface area contributed by atoms with E-state index in [0.29, 0.717) is 31.5 Å². The third-order valence-corrected chi connectivity index (χ3v) is 6.56. The standard InChI is InChI=1S/C22H43N2O4/c1-8-11-18(4)21(6)23(14-16-25-21)27-20(13-10-3)28-24-15-17-26-22(24,7)19(5)12-9-2/h10,18-20H,8-9,11-17H2,1-7H3. The van der Waals surface area contributed by atoms with Crippen molar-refractivity contribution in [2.45, 2.75) is 98.3 Å². The Hall–Kier alpha value is -0.240. The highest BCUT2D eigenvalue weighted by atomic mass is 16.9. The molecule has 2 rings (SSSR count). The van der Waals surface area contributed by atoms with Gasteiger partial charge in [0.1, 0.15) is 11.4 Å². The molecule has 0 aromatic carbocycles. The van der Waals surface area contributed by atoms with E-state index in [0.717, 1.165) is 38.8 Å². The molecule has 0 aromatic heterocycles. The first-order valence-electron chi connectivity index (χ1n) is 11.3. The van der Waals surface area contributed by atoms with Crippen molar-refractivity contribution in [3.8, 4) is 0 Å². The maximum Gasteiger partial charge on any atom is 0.197 e. The van der Waals surface area contributed by atoms with E-state index in [2.05, 4.69) is 48.0 Å². The summed E-state index contributed by atoms with van der Waals surface area (Å²) >= 11 is 0. The van der Waals surface area contributed by atoms with Gasteiger partial charge in [0, 0.05) is 18.3 Å². The first-order valence-corrected chi connectivity index (χ1v) is 11.3. The Labute approximate surface area is 172 Å². The van der Waals surface area contributed by atoms with Crippen molar-refractivity contribution >= 4 is 0 Å². The third kappa shape index (κ3) is 5.27. The molecule has 0 spiro atoms. The predicted molar refractivity (Wildman–Crippen MR) is 111 cm³/mol. The van der Waals surface area contributed by atoms with E-state index in [1.165, 1.54) is 0 Å². The Morgan fingerprint density at radius 3 is 1.68 bits per heavy atom. The summed E-state index contributed by atoms with van der Waals surface area (Å²) in [7, 11) is 0. The summed E-state index contributed by atoms with van der Waals surface area (Å²) in [5.41, 5.74) is -0.822. The van der Waals surface area contributed by atoms with E-state index in [9.17, 15) is 0 Å². The van der Waals surface area contributed by atoms with Crippen LogP contribution >= 0.6 is 0 Å². The van der Waals surface area contributed by atoms with Crippen molar-refractivity contribution in [1.82, 2.24) is 10.1 Å². The summed E-state index contributed by atoms with van der Waals surface area (Å²) in [5, 5.41) is 4.01. The molecule has 2 aliphatic rings. The molecule has 28 heavy (non-hydrogen) atoms. The molecule has 2 aliphatic heterocycles. The van der Waals surface area contributed by atoms with Gasteiger partial charge in [0.05, 0.1) is 26.3 Å². The summed E-state index contributed by atoms with van der Waals surface area (Å²) in [5.74, 6) is 0.771. The maximum atomic E-state index is 6.39. The number of hydrogen-bond donors (Lipinski definition) is 0. The van der Waals surface area contributed by atoms with E-state index < -0.39 is 11.4 Å². The molecule has 165 valence electrons. The first kappa shape index (κ1) is 24.0. The maximum absolute atomic E-state index is 6.39. The van der Waals surface area contributed by atoms with Gasteiger partial charge in [-0.15, -0.1) is 0 Å². The Morgan fingerprint density at radius 1 is 0.893 bits per heavy atom. The van der Waals surface area contributed by atoms with Gasteiger partial charge >= 0.3 is 0 Å². The molecule has 0 aliphatic carbocycles. The molecule has 4 atom stereocenters. The smallest absolute Gasteiger partial charge is 0.197 e. The van der Waals surface area contributed by atoms with Crippen LogP contribution in [0.25, 0.3) is 0 Å². The second-order valence-electron chi connectivity index (χ2n) is 8.67. The van der Waals surface area contributed by atoms with Crippen LogP contribution in [-0.2, 0) is 19.1 Å². The van der Waals surface area contributed by atoms with E-state index in [1.54, 1.807) is 0 Å². The summed E-state index contributed by atoms with van der Waals surface area (Å²) in [4.78, 5) is 12.8.